The molecule has 2 rings (SSSR count). The number of benzene rings is 1. The lowest BCUT2D eigenvalue weighted by atomic mass is 10.2. The molecule has 0 aliphatic rings. The van der Waals surface area contributed by atoms with E-state index in [4.69, 9.17) is 16.1 Å². The number of halogens is 1. The standard InChI is InChI=1S/C13H14ClN3O3/c1-8(18)12-13(15-9(2)19)20-16-17(12)7-10-5-3-4-6-11(10)14/h3-6,8,18H,7H2,1-2H3. The van der Waals surface area contributed by atoms with Gasteiger partial charge in [0.1, 0.15) is 6.10 Å². The van der Waals surface area contributed by atoms with E-state index in [0.29, 0.717) is 17.3 Å². The molecule has 0 amide bonds. The molecule has 2 aromatic rings. The molecule has 0 aliphatic heterocycles. The first-order valence-electron chi connectivity index (χ1n) is 6.02. The Balaban J connectivity index is 2.40. The van der Waals surface area contributed by atoms with Gasteiger partial charge in [-0.15, -0.1) is 0 Å². The molecule has 0 saturated carbocycles. The molecule has 1 N–H and O–H groups in total. The van der Waals surface area contributed by atoms with E-state index in [-0.39, 0.29) is 5.88 Å². The highest BCUT2D eigenvalue weighted by Crippen LogP contribution is 2.22. The molecular weight excluding hydrogens is 282 g/mol. The summed E-state index contributed by atoms with van der Waals surface area (Å²) >= 11 is 6.09. The van der Waals surface area contributed by atoms with Crippen LogP contribution < -0.4 is 9.79 Å². The van der Waals surface area contributed by atoms with Crippen molar-refractivity contribution in [3.63, 3.8) is 0 Å². The number of aromatic nitrogens is 2. The van der Waals surface area contributed by atoms with Gasteiger partial charge in [0.2, 0.25) is 11.8 Å². The van der Waals surface area contributed by atoms with Crippen LogP contribution in [0.25, 0.3) is 0 Å². The third-order valence-corrected chi connectivity index (χ3v) is 3.02. The van der Waals surface area contributed by atoms with Crippen LogP contribution in [-0.2, 0) is 6.54 Å². The molecule has 7 heteroatoms. The zero-order valence-electron chi connectivity index (χ0n) is 11.1. The van der Waals surface area contributed by atoms with Crippen molar-refractivity contribution in [3.8, 4) is 0 Å². The Bertz CT molecular complexity index is 634. The molecule has 106 valence electrons. The normalized spacial score (nSPS) is 13.5. The van der Waals surface area contributed by atoms with Crippen molar-refractivity contribution in [2.24, 2.45) is 4.99 Å². The quantitative estimate of drug-likeness (QED) is 0.520. The van der Waals surface area contributed by atoms with Crippen LogP contribution in [0.3, 0.4) is 0 Å². The minimum atomic E-state index is -0.873. The summed E-state index contributed by atoms with van der Waals surface area (Å²) in [5, 5.41) is 25.2. The molecule has 0 spiro atoms. The maximum Gasteiger partial charge on any atom is 0.326 e. The van der Waals surface area contributed by atoms with Crippen LogP contribution in [0, 0.1) is 0 Å². The Kier molecular flexibility index (Phi) is 4.36. The Hall–Kier alpha value is -1.92. The van der Waals surface area contributed by atoms with Gasteiger partial charge in [-0.1, -0.05) is 29.8 Å². The molecule has 0 fully saturated rings. The smallest absolute Gasteiger partial charge is 0.326 e. The zero-order chi connectivity index (χ0) is 14.7. The minimum Gasteiger partial charge on any atom is -0.862 e. The number of hydrogen-bond acceptors (Lipinski definition) is 5. The first kappa shape index (κ1) is 14.5. The van der Waals surface area contributed by atoms with Crippen molar-refractivity contribution < 1.29 is 19.4 Å². The van der Waals surface area contributed by atoms with Gasteiger partial charge in [0.15, 0.2) is 0 Å². The molecule has 1 aromatic heterocycles. The van der Waals surface area contributed by atoms with Gasteiger partial charge in [-0.2, -0.15) is 0 Å². The molecule has 1 heterocycles. The van der Waals surface area contributed by atoms with E-state index in [0.717, 1.165) is 5.56 Å². The van der Waals surface area contributed by atoms with E-state index >= 15 is 0 Å². The Morgan fingerprint density at radius 2 is 2.25 bits per heavy atom. The summed E-state index contributed by atoms with van der Waals surface area (Å²) in [6.45, 7) is 3.17. The maximum atomic E-state index is 11.0. The zero-order valence-corrected chi connectivity index (χ0v) is 11.8. The second-order valence-corrected chi connectivity index (χ2v) is 4.73. The van der Waals surface area contributed by atoms with Gasteiger partial charge < -0.3 is 10.2 Å². The average molecular weight is 296 g/mol. The summed E-state index contributed by atoms with van der Waals surface area (Å²) in [7, 11) is 0. The van der Waals surface area contributed by atoms with Crippen LogP contribution >= 0.6 is 11.6 Å². The predicted molar refractivity (Wildman–Crippen MR) is 70.7 cm³/mol. The Morgan fingerprint density at radius 3 is 2.85 bits per heavy atom. The maximum absolute atomic E-state index is 11.0. The van der Waals surface area contributed by atoms with Crippen LogP contribution in [0.5, 0.6) is 0 Å². The van der Waals surface area contributed by atoms with Crippen molar-refractivity contribution in [2.45, 2.75) is 26.5 Å². The largest absolute Gasteiger partial charge is 0.862 e. The van der Waals surface area contributed by atoms with Crippen LogP contribution in [0.1, 0.15) is 31.2 Å². The van der Waals surface area contributed by atoms with Gasteiger partial charge in [-0.3, -0.25) is 4.52 Å². The molecule has 0 saturated heterocycles. The van der Waals surface area contributed by atoms with Crippen molar-refractivity contribution in [1.82, 2.24) is 5.27 Å². The molecular formula is C13H14ClN3O3. The topological polar surface area (TPSA) is 85.6 Å². The fourth-order valence-corrected chi connectivity index (χ4v) is 2.00. The fraction of sp³-hybridized carbons (Fsp3) is 0.308. The van der Waals surface area contributed by atoms with E-state index < -0.39 is 12.0 Å². The third-order valence-electron chi connectivity index (χ3n) is 2.66. The van der Waals surface area contributed by atoms with Gasteiger partial charge in [0, 0.05) is 5.56 Å². The SMILES string of the molecule is C/C([O-])=N\c1on[n+](Cc2ccccc2Cl)c1C(C)O. The monoisotopic (exact) mass is 295 g/mol. The Morgan fingerprint density at radius 1 is 1.55 bits per heavy atom. The minimum absolute atomic E-state index is 0.0135. The van der Waals surface area contributed by atoms with Gasteiger partial charge in [0.05, 0.1) is 5.02 Å². The number of aliphatic hydroxyl groups excluding tert-OH is 1. The summed E-state index contributed by atoms with van der Waals surface area (Å²) in [4.78, 5) is 3.68. The molecule has 6 nitrogen and oxygen atoms in total. The fourth-order valence-electron chi connectivity index (χ4n) is 1.81. The van der Waals surface area contributed by atoms with E-state index in [1.54, 1.807) is 13.0 Å². The Labute approximate surface area is 120 Å². The van der Waals surface area contributed by atoms with Crippen LogP contribution in [0.15, 0.2) is 33.8 Å². The average Bonchev–Trinajstić information content (AvgIpc) is 2.74. The molecule has 1 atom stereocenters. The molecule has 0 bridgehead atoms. The number of hydrogen-bond donors (Lipinski definition) is 1. The van der Waals surface area contributed by atoms with Crippen LogP contribution in [-0.4, -0.2) is 16.3 Å². The predicted octanol–water partition coefficient (Wildman–Crippen LogP) is 1.13. The lowest BCUT2D eigenvalue weighted by molar-refractivity contribution is -0.763. The van der Waals surface area contributed by atoms with Crippen molar-refractivity contribution in [2.75, 3.05) is 0 Å². The van der Waals surface area contributed by atoms with Crippen molar-refractivity contribution in [3.05, 3.63) is 40.5 Å². The summed E-state index contributed by atoms with van der Waals surface area (Å²) in [6, 6.07) is 7.29. The van der Waals surface area contributed by atoms with Gasteiger partial charge in [0.25, 0.3) is 0 Å². The lowest BCUT2D eigenvalue weighted by Crippen LogP contribution is -2.40. The second-order valence-electron chi connectivity index (χ2n) is 4.32. The number of aliphatic hydroxyl groups is 1. The number of nitrogens with zero attached hydrogens (tertiary/aromatic N) is 3. The van der Waals surface area contributed by atoms with Crippen molar-refractivity contribution in [1.29, 1.82) is 0 Å². The lowest BCUT2D eigenvalue weighted by Gasteiger charge is -2.02. The highest BCUT2D eigenvalue weighted by Gasteiger charge is 2.29. The molecule has 0 radical (unpaired) electrons. The van der Waals surface area contributed by atoms with Crippen LogP contribution in [0.4, 0.5) is 5.88 Å². The number of rotatable bonds is 4. The first-order chi connectivity index (χ1) is 9.49. The molecule has 0 aliphatic carbocycles. The highest BCUT2D eigenvalue weighted by atomic mass is 35.5. The summed E-state index contributed by atoms with van der Waals surface area (Å²) in [5.41, 5.74) is 1.16. The number of aliphatic imine (C=N–C) groups is 1. The molecule has 1 unspecified atom stereocenters. The second kappa shape index (κ2) is 6.02. The van der Waals surface area contributed by atoms with E-state index in [1.165, 1.54) is 11.6 Å². The molecule has 1 aromatic carbocycles. The van der Waals surface area contributed by atoms with Crippen LogP contribution in [0.2, 0.25) is 5.02 Å². The van der Waals surface area contributed by atoms with Gasteiger partial charge >= 0.3 is 11.6 Å². The van der Waals surface area contributed by atoms with E-state index in [9.17, 15) is 10.2 Å². The van der Waals surface area contributed by atoms with Gasteiger partial charge in [-0.25, -0.2) is 4.99 Å². The molecule has 20 heavy (non-hydrogen) atoms. The van der Waals surface area contributed by atoms with Crippen molar-refractivity contribution >= 4 is 23.4 Å². The van der Waals surface area contributed by atoms with Gasteiger partial charge in [-0.05, 0) is 30.5 Å². The van der Waals surface area contributed by atoms with E-state index in [2.05, 4.69) is 10.3 Å². The highest BCUT2D eigenvalue weighted by molar-refractivity contribution is 6.31. The first-order valence-corrected chi connectivity index (χ1v) is 6.40. The summed E-state index contributed by atoms with van der Waals surface area (Å²) in [6.07, 6.45) is -0.873. The third kappa shape index (κ3) is 3.15. The summed E-state index contributed by atoms with van der Waals surface area (Å²) < 4.78 is 6.44. The summed E-state index contributed by atoms with van der Waals surface area (Å²) in [5.74, 6) is -0.410. The van der Waals surface area contributed by atoms with E-state index in [1.807, 2.05) is 18.2 Å².